The normalized spacial score (nSPS) is 0. The number of hydrogen-bond donors (Lipinski definition) is 0. The predicted octanol–water partition coefficient (Wildman–Crippen LogP) is -0.767. The van der Waals surface area contributed by atoms with Gasteiger partial charge in [0.25, 0.3) is 0 Å². The minimum atomic E-state index is 0. The molecule has 0 saturated carbocycles. The first kappa shape index (κ1) is 28.5. The van der Waals surface area contributed by atoms with Crippen LogP contribution in [0.1, 0.15) is 0 Å². The molecular weight excluding hydrogens is 208 g/mol. The molecule has 0 N–H and O–H groups in total. The van der Waals surface area contributed by atoms with E-state index in [9.17, 15) is 0 Å². The average Bonchev–Trinajstić information content (AvgIpc) is 0. The Kier molecular flexibility index (Phi) is 120. The third-order valence-electron chi connectivity index (χ3n) is 0. The maximum Gasteiger partial charge on any atom is 0 e. The Bertz CT molecular complexity index is 6.00. The van der Waals surface area contributed by atoms with Gasteiger partial charge in [-0.3, -0.25) is 0 Å². The Morgan fingerprint density at radius 2 is 0.750 bits per heavy atom. The minimum absolute atomic E-state index is 0. The van der Waals surface area contributed by atoms with E-state index in [0.29, 0.717) is 0 Å². The van der Waals surface area contributed by atoms with Gasteiger partial charge in [0.2, 0.25) is 0 Å². The average molecular weight is 208 g/mol. The summed E-state index contributed by atoms with van der Waals surface area (Å²) in [5, 5.41) is 0. The van der Waals surface area contributed by atoms with Crippen molar-refractivity contribution in [2.45, 2.75) is 0 Å². The molecule has 0 aromatic rings. The Labute approximate surface area is 98.2 Å². The molecule has 0 nitrogen and oxygen atoms in total. The van der Waals surface area contributed by atoms with Crippen LogP contribution in [0.4, 0.5) is 0 Å². The first-order valence-corrected chi connectivity index (χ1v) is 0. The number of rotatable bonds is 0. The summed E-state index contributed by atoms with van der Waals surface area (Å²) in [6, 6.07) is 0. The Balaban J connectivity index is 0. The zero-order chi connectivity index (χ0) is 0. The van der Waals surface area contributed by atoms with Gasteiger partial charge >= 0.3 is 0 Å². The first-order valence-electron chi connectivity index (χ1n) is 0. The fourth-order valence-corrected chi connectivity index (χ4v) is 0. The molecule has 0 aliphatic rings. The van der Waals surface area contributed by atoms with E-state index in [2.05, 4.69) is 0 Å². The molecule has 0 amide bonds. The minimum Gasteiger partial charge on any atom is 0 e. The second-order valence-corrected chi connectivity index (χ2v) is 0. The van der Waals surface area contributed by atoms with Crippen LogP contribution in [0.3, 0.4) is 0 Å². The molecule has 0 heterocycles. The molecule has 4 heteroatoms. The van der Waals surface area contributed by atoms with Crippen molar-refractivity contribution in [2.75, 3.05) is 0 Å². The van der Waals surface area contributed by atoms with Crippen LogP contribution in [0.25, 0.3) is 0 Å². The zero-order valence-electron chi connectivity index (χ0n) is 2.28. The summed E-state index contributed by atoms with van der Waals surface area (Å²) in [6.07, 6.45) is 0. The molecule has 20 valence electrons. The van der Waals surface area contributed by atoms with E-state index >= 15 is 0 Å². The van der Waals surface area contributed by atoms with Gasteiger partial charge in [-0.1, -0.05) is 0 Å². The van der Waals surface area contributed by atoms with Gasteiger partial charge in [0, 0.05) is 101 Å². The second kappa shape index (κ2) is 16.8. The van der Waals surface area contributed by atoms with Crippen molar-refractivity contribution in [2.24, 2.45) is 0 Å². The van der Waals surface area contributed by atoms with Crippen LogP contribution in [0.5, 0.6) is 0 Å². The van der Waals surface area contributed by atoms with Crippen LogP contribution >= 0.6 is 0 Å². The molecule has 0 aromatic carbocycles. The van der Waals surface area contributed by atoms with E-state index < -0.39 is 0 Å². The van der Waals surface area contributed by atoms with Gasteiger partial charge in [0.1, 0.15) is 0 Å². The van der Waals surface area contributed by atoms with Gasteiger partial charge in [-0.25, -0.2) is 0 Å². The van der Waals surface area contributed by atoms with Crippen LogP contribution in [-0.4, -0.2) is 66.6 Å². The van der Waals surface area contributed by atoms with Crippen molar-refractivity contribution in [3.8, 4) is 0 Å². The van der Waals surface area contributed by atoms with Crippen LogP contribution in [0.15, 0.2) is 0 Å². The Morgan fingerprint density at radius 3 is 0.750 bits per heavy atom. The summed E-state index contributed by atoms with van der Waals surface area (Å²) in [6.45, 7) is 0. The maximum absolute atomic E-state index is 0. The van der Waals surface area contributed by atoms with Crippen molar-refractivity contribution in [3.63, 3.8) is 0 Å². The molecule has 0 saturated heterocycles. The van der Waals surface area contributed by atoms with Crippen molar-refractivity contribution < 1.29 is 34.1 Å². The van der Waals surface area contributed by atoms with Gasteiger partial charge in [-0.15, -0.1) is 0 Å². The number of hydrogen-bond acceptors (Lipinski definition) is 0. The largest absolute Gasteiger partial charge is 0 e. The van der Waals surface area contributed by atoms with Gasteiger partial charge in [0.15, 0.2) is 0 Å². The van der Waals surface area contributed by atoms with Crippen LogP contribution < -0.4 is 0 Å². The topological polar surface area (TPSA) is 0 Å². The summed E-state index contributed by atoms with van der Waals surface area (Å²) in [4.78, 5) is 0. The third kappa shape index (κ3) is 8.86. The third-order valence-corrected chi connectivity index (χ3v) is 0. The monoisotopic (exact) mass is 208 g/mol. The van der Waals surface area contributed by atoms with E-state index in [0.717, 1.165) is 0 Å². The van der Waals surface area contributed by atoms with Gasteiger partial charge in [0.05, 0.1) is 0 Å². The van der Waals surface area contributed by atoms with Crippen molar-refractivity contribution in [1.29, 1.82) is 0 Å². The van der Waals surface area contributed by atoms with E-state index in [1.165, 1.54) is 0 Å². The molecule has 4 radical (unpaired) electrons. The van der Waals surface area contributed by atoms with E-state index in [-0.39, 0.29) is 101 Å². The smallest absolute Gasteiger partial charge is 0 e. The summed E-state index contributed by atoms with van der Waals surface area (Å²) < 4.78 is 0. The van der Waals surface area contributed by atoms with Crippen LogP contribution in [0.2, 0.25) is 0 Å². The SMILES string of the molecule is [B].[Fe].[Fe].[Rb]. The summed E-state index contributed by atoms with van der Waals surface area (Å²) in [5.41, 5.74) is 0. The molecule has 0 rings (SSSR count). The molecule has 0 spiro atoms. The van der Waals surface area contributed by atoms with Gasteiger partial charge in [-0.2, -0.15) is 0 Å². The quantitative estimate of drug-likeness (QED) is 0.458. The second-order valence-electron chi connectivity index (χ2n) is 0. The fraction of sp³-hybridized carbons (Fsp3) is 0. The van der Waals surface area contributed by atoms with Crippen LogP contribution in [0, 0.1) is 0 Å². The predicted molar refractivity (Wildman–Crippen MR) is 11.5 cm³/mol. The molecule has 0 aliphatic carbocycles. The summed E-state index contributed by atoms with van der Waals surface area (Å²) >= 11 is 0. The molecule has 0 atom stereocenters. The van der Waals surface area contributed by atoms with Crippen molar-refractivity contribution >= 4 is 66.6 Å². The summed E-state index contributed by atoms with van der Waals surface area (Å²) in [5.74, 6) is 0. The molecule has 0 aromatic heterocycles. The molecule has 0 unspecified atom stereocenters. The zero-order valence-corrected chi connectivity index (χ0v) is 9.41. The molecular formula is BFe2Rb. The molecule has 0 fully saturated rings. The van der Waals surface area contributed by atoms with Gasteiger partial charge in [-0.05, 0) is 0 Å². The van der Waals surface area contributed by atoms with E-state index in [1.807, 2.05) is 0 Å². The van der Waals surface area contributed by atoms with Crippen molar-refractivity contribution in [3.05, 3.63) is 0 Å². The van der Waals surface area contributed by atoms with E-state index in [1.54, 1.807) is 0 Å². The summed E-state index contributed by atoms with van der Waals surface area (Å²) in [7, 11) is 0. The Morgan fingerprint density at radius 1 is 0.750 bits per heavy atom. The Hall–Kier alpha value is 2.91. The van der Waals surface area contributed by atoms with Crippen LogP contribution in [-0.2, 0) is 34.1 Å². The first-order chi connectivity index (χ1) is 0. The molecule has 0 aliphatic heterocycles. The maximum atomic E-state index is 0. The molecule has 0 bridgehead atoms. The standard InChI is InChI=1S/B.2Fe.Rb. The fourth-order valence-electron chi connectivity index (χ4n) is 0. The van der Waals surface area contributed by atoms with E-state index in [4.69, 9.17) is 0 Å². The van der Waals surface area contributed by atoms with Crippen molar-refractivity contribution in [1.82, 2.24) is 0 Å². The van der Waals surface area contributed by atoms with Gasteiger partial charge < -0.3 is 0 Å². The molecule has 4 heavy (non-hydrogen) atoms.